The van der Waals surface area contributed by atoms with Gasteiger partial charge in [-0.1, -0.05) is 74.7 Å². The van der Waals surface area contributed by atoms with Gasteiger partial charge in [-0.05, 0) is 51.5 Å². The summed E-state index contributed by atoms with van der Waals surface area (Å²) in [5.41, 5.74) is 0.829. The quantitative estimate of drug-likeness (QED) is 0.485. The van der Waals surface area contributed by atoms with E-state index in [2.05, 4.69) is 52.5 Å². The van der Waals surface area contributed by atoms with Crippen molar-refractivity contribution >= 4 is 23.3 Å². The fourth-order valence-corrected chi connectivity index (χ4v) is 5.45. The van der Waals surface area contributed by atoms with Crippen LogP contribution in [-0.2, 0) is 11.3 Å². The minimum absolute atomic E-state index is 0.162. The highest BCUT2D eigenvalue weighted by atomic mass is 32.1. The average Bonchev–Trinajstić information content (AvgIpc) is 3.24. The lowest BCUT2D eigenvalue weighted by molar-refractivity contribution is 0.0512. The van der Waals surface area contributed by atoms with E-state index in [4.69, 9.17) is 17.0 Å². The van der Waals surface area contributed by atoms with Gasteiger partial charge >= 0.3 is 6.09 Å². The van der Waals surface area contributed by atoms with Gasteiger partial charge < -0.3 is 15.0 Å². The summed E-state index contributed by atoms with van der Waals surface area (Å²) in [6.45, 7) is 8.72. The van der Waals surface area contributed by atoms with Crippen molar-refractivity contribution in [1.29, 1.82) is 0 Å². The summed E-state index contributed by atoms with van der Waals surface area (Å²) >= 11 is 5.97. The molecule has 1 amide bonds. The highest BCUT2D eigenvalue weighted by molar-refractivity contribution is 7.80. The second-order valence-corrected chi connectivity index (χ2v) is 11.3. The molecule has 1 aromatic rings. The smallest absolute Gasteiger partial charge is 0.408 e. The standard InChI is InChI=1S/C27H43N3O2S/c1-27(2,3)32-26(31)28-24(16-15-21-11-7-5-8-12-21)25(33)29(4)23-17-18-30(20-23)19-22-13-9-6-10-14-22/h6,9-10,13-14,21,23-24H,5,7-8,11-12,15-20H2,1-4H3,(H,28,31)/t23?,24-/m1/s1. The summed E-state index contributed by atoms with van der Waals surface area (Å²) in [7, 11) is 2.10. The van der Waals surface area contributed by atoms with E-state index >= 15 is 0 Å². The van der Waals surface area contributed by atoms with Gasteiger partial charge in [0.2, 0.25) is 0 Å². The van der Waals surface area contributed by atoms with Crippen molar-refractivity contribution < 1.29 is 9.53 Å². The largest absolute Gasteiger partial charge is 0.444 e. The summed E-state index contributed by atoms with van der Waals surface area (Å²) in [6, 6.07) is 10.9. The molecule has 0 bridgehead atoms. The molecule has 1 aromatic carbocycles. The van der Waals surface area contributed by atoms with Crippen LogP contribution in [0.2, 0.25) is 0 Å². The first-order chi connectivity index (χ1) is 15.7. The minimum Gasteiger partial charge on any atom is -0.444 e. The summed E-state index contributed by atoms with van der Waals surface area (Å²) < 4.78 is 5.56. The second-order valence-electron chi connectivity index (χ2n) is 10.9. The normalized spacial score (nSPS) is 20.9. The Morgan fingerprint density at radius 1 is 1.18 bits per heavy atom. The van der Waals surface area contributed by atoms with E-state index in [1.54, 1.807) is 0 Å². The fourth-order valence-electron chi connectivity index (χ4n) is 5.12. The first kappa shape index (κ1) is 26.0. The van der Waals surface area contributed by atoms with Crippen molar-refractivity contribution in [3.63, 3.8) is 0 Å². The first-order valence-corrected chi connectivity index (χ1v) is 13.1. The molecule has 5 nitrogen and oxygen atoms in total. The number of nitrogens with one attached hydrogen (secondary N) is 1. The van der Waals surface area contributed by atoms with Gasteiger partial charge in [0.15, 0.2) is 0 Å². The Hall–Kier alpha value is -1.66. The predicted octanol–water partition coefficient (Wildman–Crippen LogP) is 5.77. The molecule has 1 aliphatic heterocycles. The average molecular weight is 474 g/mol. The van der Waals surface area contributed by atoms with Gasteiger partial charge in [0.05, 0.1) is 6.04 Å². The van der Waals surface area contributed by atoms with Gasteiger partial charge in [-0.2, -0.15) is 0 Å². The van der Waals surface area contributed by atoms with E-state index in [0.717, 1.165) is 49.8 Å². The summed E-state index contributed by atoms with van der Waals surface area (Å²) in [5.74, 6) is 0.752. The molecule has 1 N–H and O–H groups in total. The number of benzene rings is 1. The van der Waals surface area contributed by atoms with E-state index in [9.17, 15) is 4.79 Å². The lowest BCUT2D eigenvalue weighted by atomic mass is 9.85. The molecule has 0 aromatic heterocycles. The van der Waals surface area contributed by atoms with Gasteiger partial charge in [-0.15, -0.1) is 0 Å². The summed E-state index contributed by atoms with van der Waals surface area (Å²) in [4.78, 5) is 18.2. The number of ether oxygens (including phenoxy) is 1. The van der Waals surface area contributed by atoms with Crippen LogP contribution in [0, 0.1) is 5.92 Å². The Kier molecular flexibility index (Phi) is 9.57. The lowest BCUT2D eigenvalue weighted by Gasteiger charge is -2.33. The zero-order chi connectivity index (χ0) is 23.8. The van der Waals surface area contributed by atoms with Crippen LogP contribution in [0.25, 0.3) is 0 Å². The number of carbonyl (C=O) groups excluding carboxylic acids is 1. The van der Waals surface area contributed by atoms with Crippen LogP contribution in [0.3, 0.4) is 0 Å². The molecule has 1 unspecified atom stereocenters. The highest BCUT2D eigenvalue weighted by Crippen LogP contribution is 2.28. The highest BCUT2D eigenvalue weighted by Gasteiger charge is 2.31. The van der Waals surface area contributed by atoms with Crippen LogP contribution in [0.1, 0.15) is 77.7 Å². The number of rotatable bonds is 8. The minimum atomic E-state index is -0.519. The number of thiocarbonyl (C=S) groups is 1. The number of alkyl carbamates (subject to hydrolysis) is 1. The van der Waals surface area contributed by atoms with E-state index in [-0.39, 0.29) is 12.1 Å². The number of nitrogens with zero attached hydrogens (tertiary/aromatic N) is 2. The van der Waals surface area contributed by atoms with Crippen molar-refractivity contribution in [2.75, 3.05) is 20.1 Å². The summed E-state index contributed by atoms with van der Waals surface area (Å²) in [6.07, 6.45) is 9.34. The van der Waals surface area contributed by atoms with Crippen LogP contribution in [0.5, 0.6) is 0 Å². The number of likely N-dealkylation sites (tertiary alicyclic amines) is 1. The van der Waals surface area contributed by atoms with Crippen LogP contribution in [0.4, 0.5) is 4.79 Å². The Morgan fingerprint density at radius 3 is 2.55 bits per heavy atom. The molecule has 6 heteroatoms. The lowest BCUT2D eigenvalue weighted by Crippen LogP contribution is -2.51. The van der Waals surface area contributed by atoms with Crippen molar-refractivity contribution in [1.82, 2.24) is 15.1 Å². The van der Waals surface area contributed by atoms with Crippen LogP contribution < -0.4 is 5.32 Å². The van der Waals surface area contributed by atoms with Crippen LogP contribution in [0.15, 0.2) is 30.3 Å². The van der Waals surface area contributed by atoms with Crippen molar-refractivity contribution in [3.05, 3.63) is 35.9 Å². The molecule has 3 rings (SSSR count). The molecule has 2 fully saturated rings. The van der Waals surface area contributed by atoms with E-state index < -0.39 is 5.60 Å². The fraction of sp³-hybridized carbons (Fsp3) is 0.704. The Bertz CT molecular complexity index is 758. The van der Waals surface area contributed by atoms with E-state index in [1.807, 2.05) is 20.8 Å². The SMILES string of the molecule is CN(C(=S)[C@@H](CCC1CCCCC1)NC(=O)OC(C)(C)C)C1CCN(Cc2ccccc2)C1. The van der Waals surface area contributed by atoms with Crippen LogP contribution >= 0.6 is 12.2 Å². The molecule has 2 atom stereocenters. The third-order valence-corrected chi connectivity index (χ3v) is 7.54. The number of likely N-dealkylation sites (N-methyl/N-ethyl adjacent to an activating group) is 1. The monoisotopic (exact) mass is 473 g/mol. The van der Waals surface area contributed by atoms with Gasteiger partial charge in [-0.25, -0.2) is 4.79 Å². The Morgan fingerprint density at radius 2 is 1.88 bits per heavy atom. The molecular formula is C27H43N3O2S. The summed E-state index contributed by atoms with van der Waals surface area (Å²) in [5, 5.41) is 3.11. The first-order valence-electron chi connectivity index (χ1n) is 12.7. The molecule has 1 saturated heterocycles. The van der Waals surface area contributed by atoms with Crippen molar-refractivity contribution in [3.8, 4) is 0 Å². The number of hydrogen-bond donors (Lipinski definition) is 1. The van der Waals surface area contributed by atoms with E-state index in [1.165, 1.54) is 37.7 Å². The third kappa shape index (κ3) is 8.56. The molecule has 184 valence electrons. The number of amides is 1. The van der Waals surface area contributed by atoms with Crippen LogP contribution in [-0.4, -0.2) is 58.7 Å². The zero-order valence-electron chi connectivity index (χ0n) is 21.0. The molecule has 0 radical (unpaired) electrons. The molecule has 33 heavy (non-hydrogen) atoms. The Labute approximate surface area is 206 Å². The molecule has 1 aliphatic carbocycles. The predicted molar refractivity (Wildman–Crippen MR) is 139 cm³/mol. The van der Waals surface area contributed by atoms with Gasteiger partial charge in [0.25, 0.3) is 0 Å². The zero-order valence-corrected chi connectivity index (χ0v) is 21.8. The molecular weight excluding hydrogens is 430 g/mol. The third-order valence-electron chi connectivity index (χ3n) is 6.97. The second kappa shape index (κ2) is 12.2. The molecule has 0 spiro atoms. The maximum Gasteiger partial charge on any atom is 0.408 e. The van der Waals surface area contributed by atoms with Gasteiger partial charge in [0.1, 0.15) is 10.6 Å². The van der Waals surface area contributed by atoms with E-state index in [0.29, 0.717) is 6.04 Å². The number of hydrogen-bond acceptors (Lipinski definition) is 4. The maximum absolute atomic E-state index is 12.6. The van der Waals surface area contributed by atoms with Gasteiger partial charge in [-0.3, -0.25) is 4.90 Å². The molecule has 1 heterocycles. The number of carbonyl (C=O) groups is 1. The molecule has 1 saturated carbocycles. The Balaban J connectivity index is 1.58. The van der Waals surface area contributed by atoms with Gasteiger partial charge in [0, 0.05) is 32.7 Å². The molecule has 2 aliphatic rings. The van der Waals surface area contributed by atoms with Crippen molar-refractivity contribution in [2.45, 2.75) is 96.4 Å². The topological polar surface area (TPSA) is 44.8 Å². The van der Waals surface area contributed by atoms with Crippen molar-refractivity contribution in [2.24, 2.45) is 5.92 Å². The maximum atomic E-state index is 12.6.